The van der Waals surface area contributed by atoms with Crippen LogP contribution >= 0.6 is 23.1 Å². The third-order valence-corrected chi connectivity index (χ3v) is 5.10. The van der Waals surface area contributed by atoms with Crippen LogP contribution in [0, 0.1) is 5.82 Å². The Hall–Kier alpha value is -2.11. The van der Waals surface area contributed by atoms with Crippen LogP contribution in [0.4, 0.5) is 4.39 Å². The van der Waals surface area contributed by atoms with Crippen molar-refractivity contribution >= 4 is 44.8 Å². The Kier molecular flexibility index (Phi) is 5.25. The van der Waals surface area contributed by atoms with E-state index in [0.717, 1.165) is 10.1 Å². The number of carbonyl (C=O) groups is 2. The highest BCUT2D eigenvalue weighted by Gasteiger charge is 2.16. The summed E-state index contributed by atoms with van der Waals surface area (Å²) in [5, 5.41) is 1.21. The van der Waals surface area contributed by atoms with Crippen LogP contribution in [0.5, 0.6) is 0 Å². The molecule has 0 bridgehead atoms. The maximum Gasteiger partial charge on any atom is 0.183 e. The van der Waals surface area contributed by atoms with E-state index in [1.54, 1.807) is 0 Å². The topological polar surface area (TPSA) is 47.0 Å². The molecule has 0 spiro atoms. The van der Waals surface area contributed by atoms with E-state index >= 15 is 0 Å². The molecule has 3 aromatic rings. The summed E-state index contributed by atoms with van der Waals surface area (Å²) in [6, 6.07) is 10.3. The third-order valence-electron chi connectivity index (χ3n) is 3.92. The number of hydrogen-bond donors (Lipinski definition) is 0. The molecule has 0 aliphatic carbocycles. The van der Waals surface area contributed by atoms with Crippen molar-refractivity contribution in [2.75, 3.05) is 0 Å². The number of hydrogen-bond acceptors (Lipinski definition) is 4. The lowest BCUT2D eigenvalue weighted by Crippen LogP contribution is -2.04. The van der Waals surface area contributed by atoms with E-state index in [0.29, 0.717) is 22.7 Å². The van der Waals surface area contributed by atoms with Crippen molar-refractivity contribution in [3.05, 3.63) is 64.1 Å². The fourth-order valence-electron chi connectivity index (χ4n) is 2.68. The number of ketones is 2. The first kappa shape index (κ1) is 17.7. The second-order valence-electron chi connectivity index (χ2n) is 5.86. The quantitative estimate of drug-likeness (QED) is 0.567. The van der Waals surface area contributed by atoms with Gasteiger partial charge in [-0.2, -0.15) is 4.37 Å². The van der Waals surface area contributed by atoms with Crippen molar-refractivity contribution in [2.24, 2.45) is 0 Å². The van der Waals surface area contributed by atoms with Crippen LogP contribution in [0.25, 0.3) is 10.1 Å². The van der Waals surface area contributed by atoms with E-state index in [9.17, 15) is 14.0 Å². The fraction of sp³-hybridized carbons (Fsp3) is 0.211. The normalized spacial score (nSPS) is 11.0. The molecule has 25 heavy (non-hydrogen) atoms. The molecule has 1 heterocycles. The molecule has 0 radical (unpaired) electrons. The van der Waals surface area contributed by atoms with Crippen molar-refractivity contribution in [2.45, 2.75) is 26.2 Å². The third kappa shape index (κ3) is 3.94. The van der Waals surface area contributed by atoms with Gasteiger partial charge < -0.3 is 0 Å². The molecule has 1 aromatic heterocycles. The zero-order valence-corrected chi connectivity index (χ0v) is 15.1. The van der Waals surface area contributed by atoms with Crippen molar-refractivity contribution in [1.29, 1.82) is 0 Å². The molecule has 3 nitrogen and oxygen atoms in total. The smallest absolute Gasteiger partial charge is 0.183 e. The van der Waals surface area contributed by atoms with Gasteiger partial charge in [0.25, 0.3) is 0 Å². The summed E-state index contributed by atoms with van der Waals surface area (Å²) in [6.45, 7) is 1.40. The minimum absolute atomic E-state index is 0.00950. The second-order valence-corrected chi connectivity index (χ2v) is 7.08. The molecule has 0 unspecified atom stereocenters. The van der Waals surface area contributed by atoms with Crippen LogP contribution < -0.4 is 0 Å². The molecule has 128 valence electrons. The van der Waals surface area contributed by atoms with E-state index in [4.69, 9.17) is 11.6 Å². The average Bonchev–Trinajstić information content (AvgIpc) is 3.00. The number of benzene rings is 2. The van der Waals surface area contributed by atoms with Gasteiger partial charge in [0.2, 0.25) is 0 Å². The number of aromatic nitrogens is 1. The van der Waals surface area contributed by atoms with Crippen LogP contribution in [0.2, 0.25) is 5.02 Å². The highest BCUT2D eigenvalue weighted by atomic mass is 35.5. The monoisotopic (exact) mass is 375 g/mol. The molecule has 0 saturated carbocycles. The zero-order chi connectivity index (χ0) is 18.0. The van der Waals surface area contributed by atoms with Crippen LogP contribution in [0.1, 0.15) is 35.0 Å². The predicted molar refractivity (Wildman–Crippen MR) is 98.1 cm³/mol. The molecule has 0 atom stereocenters. The number of rotatable bonds is 6. The lowest BCUT2D eigenvalue weighted by Gasteiger charge is -2.08. The maximum absolute atomic E-state index is 14.1. The number of aryl methyl sites for hydroxylation is 1. The molecule has 6 heteroatoms. The molecule has 0 aliphatic rings. The Balaban J connectivity index is 1.76. The Morgan fingerprint density at radius 1 is 1.20 bits per heavy atom. The Morgan fingerprint density at radius 3 is 2.72 bits per heavy atom. The van der Waals surface area contributed by atoms with Crippen LogP contribution in [-0.4, -0.2) is 15.9 Å². The average molecular weight is 376 g/mol. The Morgan fingerprint density at radius 2 is 1.96 bits per heavy atom. The molecular weight excluding hydrogens is 361 g/mol. The molecule has 2 aromatic carbocycles. The van der Waals surface area contributed by atoms with Gasteiger partial charge in [0.05, 0.1) is 4.70 Å². The van der Waals surface area contributed by atoms with Gasteiger partial charge >= 0.3 is 0 Å². The van der Waals surface area contributed by atoms with Gasteiger partial charge in [-0.25, -0.2) is 4.39 Å². The van der Waals surface area contributed by atoms with Crippen molar-refractivity contribution in [3.63, 3.8) is 0 Å². The van der Waals surface area contributed by atoms with Gasteiger partial charge in [-0.15, -0.1) is 0 Å². The summed E-state index contributed by atoms with van der Waals surface area (Å²) in [7, 11) is 0. The highest BCUT2D eigenvalue weighted by molar-refractivity contribution is 7.13. The van der Waals surface area contributed by atoms with Gasteiger partial charge in [-0.05, 0) is 54.2 Å². The predicted octanol–water partition coefficient (Wildman–Crippen LogP) is 5.04. The van der Waals surface area contributed by atoms with Gasteiger partial charge in [0.1, 0.15) is 17.3 Å². The summed E-state index contributed by atoms with van der Waals surface area (Å²) in [6.07, 6.45) is 0.523. The lowest BCUT2D eigenvalue weighted by atomic mass is 10.0. The van der Waals surface area contributed by atoms with Crippen molar-refractivity contribution in [1.82, 2.24) is 4.37 Å². The zero-order valence-electron chi connectivity index (χ0n) is 13.5. The Bertz CT molecular complexity index is 967. The van der Waals surface area contributed by atoms with Crippen LogP contribution in [0.3, 0.4) is 0 Å². The number of Topliss-reactive ketones (excluding diaryl/α,β-unsaturated/α-hetero) is 2. The van der Waals surface area contributed by atoms with E-state index in [1.165, 1.54) is 30.6 Å². The molecule has 0 aliphatic heterocycles. The molecule has 0 fully saturated rings. The highest BCUT2D eigenvalue weighted by Crippen LogP contribution is 2.26. The molecule has 0 amide bonds. The standard InChI is InChI=1S/C19H15ClFNO2S/c1-11(23)8-13-9-15(20)12(10-16(13)21)6-7-17(24)19-14-4-2-3-5-18(14)25-22-19/h2-5,9-10H,6-8H2,1H3. The van der Waals surface area contributed by atoms with E-state index in [2.05, 4.69) is 4.37 Å². The summed E-state index contributed by atoms with van der Waals surface area (Å²) in [5.74, 6) is -0.698. The summed E-state index contributed by atoms with van der Waals surface area (Å²) < 4.78 is 19.3. The molecule has 3 rings (SSSR count). The van der Waals surface area contributed by atoms with E-state index < -0.39 is 5.82 Å². The first-order valence-electron chi connectivity index (χ1n) is 7.79. The van der Waals surface area contributed by atoms with Gasteiger partial charge in [-0.1, -0.05) is 29.8 Å². The lowest BCUT2D eigenvalue weighted by molar-refractivity contribution is -0.116. The van der Waals surface area contributed by atoms with Gasteiger partial charge in [-0.3, -0.25) is 9.59 Å². The maximum atomic E-state index is 14.1. The largest absolute Gasteiger partial charge is 0.300 e. The minimum Gasteiger partial charge on any atom is -0.300 e. The van der Waals surface area contributed by atoms with Gasteiger partial charge in [0, 0.05) is 23.3 Å². The summed E-state index contributed by atoms with van der Waals surface area (Å²) in [5.41, 5.74) is 1.28. The van der Waals surface area contributed by atoms with Crippen molar-refractivity contribution < 1.29 is 14.0 Å². The van der Waals surface area contributed by atoms with E-state index in [-0.39, 0.29) is 30.0 Å². The first-order chi connectivity index (χ1) is 12.0. The van der Waals surface area contributed by atoms with Crippen LogP contribution in [0.15, 0.2) is 36.4 Å². The summed E-state index contributed by atoms with van der Waals surface area (Å²) >= 11 is 7.47. The fourth-order valence-corrected chi connectivity index (χ4v) is 3.75. The SMILES string of the molecule is CC(=O)Cc1cc(Cl)c(CCC(=O)c2nsc3ccccc23)cc1F. The van der Waals surface area contributed by atoms with Crippen LogP contribution in [-0.2, 0) is 17.6 Å². The van der Waals surface area contributed by atoms with E-state index in [1.807, 2.05) is 24.3 Å². The molecular formula is C19H15ClFNO2S. The number of fused-ring (bicyclic) bond motifs is 1. The van der Waals surface area contributed by atoms with Gasteiger partial charge in [0.15, 0.2) is 5.78 Å². The van der Waals surface area contributed by atoms with Crippen molar-refractivity contribution in [3.8, 4) is 0 Å². The number of carbonyl (C=O) groups excluding carboxylic acids is 2. The summed E-state index contributed by atoms with van der Waals surface area (Å²) in [4.78, 5) is 23.6. The first-order valence-corrected chi connectivity index (χ1v) is 8.94. The molecule has 0 N–H and O–H groups in total. The number of nitrogens with zero attached hydrogens (tertiary/aromatic N) is 1. The number of halogens is 2. The Labute approximate surface area is 153 Å². The minimum atomic E-state index is -0.471. The molecule has 0 saturated heterocycles. The second kappa shape index (κ2) is 7.42.